The molecule has 1 atom stereocenters. The molecule has 70 valence electrons. The highest BCUT2D eigenvalue weighted by atomic mass is 32.2. The molecule has 0 radical (unpaired) electrons. The van der Waals surface area contributed by atoms with E-state index in [0.717, 1.165) is 17.9 Å². The van der Waals surface area contributed by atoms with Gasteiger partial charge in [-0.15, -0.1) is 0 Å². The van der Waals surface area contributed by atoms with Crippen LogP contribution in [0.3, 0.4) is 0 Å². The number of rotatable bonds is 3. The van der Waals surface area contributed by atoms with E-state index in [2.05, 4.69) is 10.6 Å². The fourth-order valence-electron chi connectivity index (χ4n) is 1.05. The fourth-order valence-corrected chi connectivity index (χ4v) is 2.20. The fraction of sp³-hybridized carbons (Fsp3) is 0.857. The number of urea groups is 1. The predicted molar refractivity (Wildman–Crippen MR) is 48.2 cm³/mol. The molecule has 3 nitrogen and oxygen atoms in total. The highest BCUT2D eigenvalue weighted by Crippen LogP contribution is 2.16. The van der Waals surface area contributed by atoms with Crippen LogP contribution >= 0.6 is 11.8 Å². The Hall–Kier alpha value is -0.450. The van der Waals surface area contributed by atoms with E-state index in [4.69, 9.17) is 0 Å². The van der Waals surface area contributed by atoms with Crippen LogP contribution in [0.1, 0.15) is 6.42 Å². The molecule has 5 heteroatoms. The van der Waals surface area contributed by atoms with E-state index in [1.807, 2.05) is 11.8 Å². The Balaban J connectivity index is 2.08. The molecule has 0 bridgehead atoms. The minimum absolute atomic E-state index is 0.103. The molecule has 0 aliphatic carbocycles. The van der Waals surface area contributed by atoms with Crippen molar-refractivity contribution in [2.24, 2.45) is 0 Å². The van der Waals surface area contributed by atoms with Gasteiger partial charge in [0.25, 0.3) is 0 Å². The molecule has 0 aromatic heterocycles. The van der Waals surface area contributed by atoms with E-state index in [1.165, 1.54) is 0 Å². The Morgan fingerprint density at radius 2 is 2.50 bits per heavy atom. The lowest BCUT2D eigenvalue weighted by Crippen LogP contribution is -2.42. The normalized spacial score (nSPS) is 22.2. The molecule has 0 spiro atoms. The molecule has 1 unspecified atom stereocenters. The minimum atomic E-state index is -0.507. The van der Waals surface area contributed by atoms with E-state index < -0.39 is 6.67 Å². The Bertz CT molecular complexity index is 150. The summed E-state index contributed by atoms with van der Waals surface area (Å²) in [5, 5.41) is 5.20. The Kier molecular flexibility index (Phi) is 4.21. The number of nitrogens with one attached hydrogen (secondary N) is 2. The Morgan fingerprint density at radius 3 is 3.08 bits per heavy atom. The molecule has 2 amide bonds. The maximum absolute atomic E-state index is 11.6. The van der Waals surface area contributed by atoms with Crippen molar-refractivity contribution in [2.45, 2.75) is 12.5 Å². The molecule has 0 aromatic rings. The molecule has 12 heavy (non-hydrogen) atoms. The van der Waals surface area contributed by atoms with E-state index >= 15 is 0 Å². The summed E-state index contributed by atoms with van der Waals surface area (Å²) < 4.78 is 11.6. The summed E-state index contributed by atoms with van der Waals surface area (Å²) in [6, 6.07) is 0.0229. The van der Waals surface area contributed by atoms with Crippen molar-refractivity contribution in [3.8, 4) is 0 Å². The van der Waals surface area contributed by atoms with Crippen molar-refractivity contribution in [2.75, 3.05) is 24.7 Å². The van der Waals surface area contributed by atoms with Crippen molar-refractivity contribution < 1.29 is 9.18 Å². The smallest absolute Gasteiger partial charge is 0.315 e. The van der Waals surface area contributed by atoms with Gasteiger partial charge >= 0.3 is 6.03 Å². The third-order valence-electron chi connectivity index (χ3n) is 1.64. The van der Waals surface area contributed by atoms with E-state index in [1.54, 1.807) is 0 Å². The first kappa shape index (κ1) is 9.64. The van der Waals surface area contributed by atoms with Gasteiger partial charge in [0.15, 0.2) is 0 Å². The summed E-state index contributed by atoms with van der Waals surface area (Å²) in [4.78, 5) is 11.0. The summed E-state index contributed by atoms with van der Waals surface area (Å²) in [5.74, 6) is 2.08. The van der Waals surface area contributed by atoms with Crippen LogP contribution in [0.15, 0.2) is 0 Å². The van der Waals surface area contributed by atoms with Crippen molar-refractivity contribution >= 4 is 17.8 Å². The quantitative estimate of drug-likeness (QED) is 0.693. The number of thioether (sulfide) groups is 1. The number of hydrogen-bond acceptors (Lipinski definition) is 2. The lowest BCUT2D eigenvalue weighted by Gasteiger charge is -2.11. The van der Waals surface area contributed by atoms with Crippen LogP contribution in [0.2, 0.25) is 0 Å². The number of halogens is 1. The lowest BCUT2D eigenvalue weighted by molar-refractivity contribution is 0.237. The first-order chi connectivity index (χ1) is 5.83. The number of amides is 2. The van der Waals surface area contributed by atoms with Gasteiger partial charge in [-0.05, 0) is 12.2 Å². The zero-order chi connectivity index (χ0) is 8.81. The average Bonchev–Trinajstić information content (AvgIpc) is 2.53. The SMILES string of the molecule is O=C(NCCF)NC1CCSC1. The predicted octanol–water partition coefficient (Wildman–Crippen LogP) is 0.761. The van der Waals surface area contributed by atoms with Crippen LogP contribution in [0.25, 0.3) is 0 Å². The summed E-state index contributed by atoms with van der Waals surface area (Å²) >= 11 is 1.83. The van der Waals surface area contributed by atoms with Gasteiger partial charge in [0.1, 0.15) is 6.67 Å². The molecule has 1 saturated heterocycles. The summed E-state index contributed by atoms with van der Waals surface area (Å²) in [6.45, 7) is -0.404. The molecular formula is C7H13FN2OS. The molecule has 1 fully saturated rings. The van der Waals surface area contributed by atoms with Gasteiger partial charge in [-0.2, -0.15) is 11.8 Å². The molecule has 1 aliphatic heterocycles. The third kappa shape index (κ3) is 3.30. The van der Waals surface area contributed by atoms with Crippen LogP contribution in [0, 0.1) is 0 Å². The second kappa shape index (κ2) is 5.24. The molecule has 2 N–H and O–H groups in total. The molecule has 1 rings (SSSR count). The number of carbonyl (C=O) groups is 1. The van der Waals surface area contributed by atoms with Gasteiger partial charge < -0.3 is 10.6 Å². The van der Waals surface area contributed by atoms with Crippen molar-refractivity contribution in [3.05, 3.63) is 0 Å². The van der Waals surface area contributed by atoms with Gasteiger partial charge in [-0.1, -0.05) is 0 Å². The average molecular weight is 192 g/mol. The van der Waals surface area contributed by atoms with Gasteiger partial charge in [0.05, 0.1) is 0 Å². The molecule has 0 saturated carbocycles. The third-order valence-corrected chi connectivity index (χ3v) is 2.81. The summed E-state index contributed by atoms with van der Waals surface area (Å²) in [6.07, 6.45) is 1.02. The van der Waals surface area contributed by atoms with Crippen molar-refractivity contribution in [1.29, 1.82) is 0 Å². The lowest BCUT2D eigenvalue weighted by atomic mass is 10.3. The number of alkyl halides is 1. The number of hydrogen-bond donors (Lipinski definition) is 2. The maximum Gasteiger partial charge on any atom is 0.315 e. The first-order valence-corrected chi connectivity index (χ1v) is 5.16. The van der Waals surface area contributed by atoms with Gasteiger partial charge in [-0.3, -0.25) is 0 Å². The van der Waals surface area contributed by atoms with E-state index in [9.17, 15) is 9.18 Å². The molecule has 0 aromatic carbocycles. The van der Waals surface area contributed by atoms with Crippen molar-refractivity contribution in [3.63, 3.8) is 0 Å². The summed E-state index contributed by atoms with van der Waals surface area (Å²) in [5.41, 5.74) is 0. The monoisotopic (exact) mass is 192 g/mol. The van der Waals surface area contributed by atoms with Crippen LogP contribution in [-0.2, 0) is 0 Å². The standard InChI is InChI=1S/C7H13FN2OS/c8-2-3-9-7(11)10-6-1-4-12-5-6/h6H,1-5H2,(H2,9,10,11). The zero-order valence-electron chi connectivity index (χ0n) is 6.81. The van der Waals surface area contributed by atoms with Crippen LogP contribution in [-0.4, -0.2) is 36.8 Å². The molecule has 1 heterocycles. The van der Waals surface area contributed by atoms with Crippen LogP contribution in [0.4, 0.5) is 9.18 Å². The largest absolute Gasteiger partial charge is 0.336 e. The zero-order valence-corrected chi connectivity index (χ0v) is 7.62. The van der Waals surface area contributed by atoms with Crippen LogP contribution < -0.4 is 10.6 Å². The highest BCUT2D eigenvalue weighted by Gasteiger charge is 2.16. The maximum atomic E-state index is 11.6. The van der Waals surface area contributed by atoms with Crippen LogP contribution in [0.5, 0.6) is 0 Å². The Labute approximate surface area is 75.5 Å². The molecular weight excluding hydrogens is 179 g/mol. The van der Waals surface area contributed by atoms with E-state index in [0.29, 0.717) is 0 Å². The van der Waals surface area contributed by atoms with Gasteiger partial charge in [0, 0.05) is 18.3 Å². The second-order valence-electron chi connectivity index (χ2n) is 2.65. The van der Waals surface area contributed by atoms with Crippen molar-refractivity contribution in [1.82, 2.24) is 10.6 Å². The topological polar surface area (TPSA) is 41.1 Å². The molecule has 1 aliphatic rings. The number of carbonyl (C=O) groups excluding carboxylic acids is 1. The van der Waals surface area contributed by atoms with Gasteiger partial charge in [0.2, 0.25) is 0 Å². The minimum Gasteiger partial charge on any atom is -0.336 e. The highest BCUT2D eigenvalue weighted by molar-refractivity contribution is 7.99. The Morgan fingerprint density at radius 1 is 1.67 bits per heavy atom. The first-order valence-electron chi connectivity index (χ1n) is 4.01. The van der Waals surface area contributed by atoms with E-state index in [-0.39, 0.29) is 18.6 Å². The second-order valence-corrected chi connectivity index (χ2v) is 3.80. The van der Waals surface area contributed by atoms with Gasteiger partial charge in [-0.25, -0.2) is 9.18 Å². The summed E-state index contributed by atoms with van der Waals surface area (Å²) in [7, 11) is 0.